The minimum atomic E-state index is -0.380. The van der Waals surface area contributed by atoms with Gasteiger partial charge in [0.2, 0.25) is 0 Å². The summed E-state index contributed by atoms with van der Waals surface area (Å²) in [6, 6.07) is 3.64. The molecule has 0 aromatic carbocycles. The number of aromatic nitrogens is 1. The molecule has 2 N–H and O–H groups in total. The number of pyridine rings is 1. The molecule has 0 saturated carbocycles. The van der Waals surface area contributed by atoms with Gasteiger partial charge in [0.1, 0.15) is 0 Å². The maximum Gasteiger partial charge on any atom is 0.341 e. The van der Waals surface area contributed by atoms with Crippen LogP contribution in [0.4, 0.5) is 10.5 Å². The molecule has 2 rings (SSSR count). The van der Waals surface area contributed by atoms with E-state index in [2.05, 4.69) is 26.7 Å². The average molecular weight is 315 g/mol. The van der Waals surface area contributed by atoms with Crippen LogP contribution in [0.1, 0.15) is 6.92 Å². The molecule has 0 aliphatic carbocycles. The zero-order valence-corrected chi connectivity index (χ0v) is 13.2. The molecule has 0 bridgehead atoms. The zero-order valence-electron chi connectivity index (χ0n) is 12.4. The quantitative estimate of drug-likeness (QED) is 0.815. The number of hydrogen-bond donors (Lipinski definition) is 2. The molecule has 1 aliphatic rings. The molecule has 2 atom stereocenters. The highest BCUT2D eigenvalue weighted by Crippen LogP contribution is 2.30. The molecule has 114 valence electrons. The van der Waals surface area contributed by atoms with Crippen LogP contribution in [0, 0.1) is 17.2 Å². The lowest BCUT2D eigenvalue weighted by molar-refractivity contribution is 0.247. The molecule has 22 heavy (non-hydrogen) atoms. The van der Waals surface area contributed by atoms with E-state index in [1.807, 2.05) is 20.0 Å². The molecule has 0 spiro atoms. The first kappa shape index (κ1) is 16.0. The SMILES string of the molecule is CNc1cnccc1SCC(C#N)C1=CC=NC(=O)NC1C. The number of nitrogens with zero attached hydrogens (tertiary/aromatic N) is 3. The van der Waals surface area contributed by atoms with E-state index in [0.29, 0.717) is 5.75 Å². The van der Waals surface area contributed by atoms with Crippen molar-refractivity contribution in [3.8, 4) is 6.07 Å². The van der Waals surface area contributed by atoms with Gasteiger partial charge < -0.3 is 10.6 Å². The minimum Gasteiger partial charge on any atom is -0.386 e. The summed E-state index contributed by atoms with van der Waals surface area (Å²) in [6.07, 6.45) is 6.69. The van der Waals surface area contributed by atoms with Gasteiger partial charge >= 0.3 is 6.03 Å². The van der Waals surface area contributed by atoms with Gasteiger partial charge in [0, 0.05) is 30.1 Å². The lowest BCUT2D eigenvalue weighted by Gasteiger charge is -2.19. The number of hydrogen-bond acceptors (Lipinski definition) is 5. The van der Waals surface area contributed by atoms with Crippen molar-refractivity contribution in [2.45, 2.75) is 17.9 Å². The average Bonchev–Trinajstić information content (AvgIpc) is 2.69. The predicted octanol–water partition coefficient (Wildman–Crippen LogP) is 2.46. The lowest BCUT2D eigenvalue weighted by Crippen LogP contribution is -2.33. The molecule has 1 aliphatic heterocycles. The van der Waals surface area contributed by atoms with Crippen molar-refractivity contribution in [2.75, 3.05) is 18.1 Å². The van der Waals surface area contributed by atoms with E-state index in [1.54, 1.807) is 30.2 Å². The second-order valence-corrected chi connectivity index (χ2v) is 5.79. The molecule has 6 nitrogen and oxygen atoms in total. The van der Waals surface area contributed by atoms with Gasteiger partial charge in [-0.2, -0.15) is 5.26 Å². The molecular weight excluding hydrogens is 298 g/mol. The molecule has 0 saturated heterocycles. The van der Waals surface area contributed by atoms with Crippen molar-refractivity contribution >= 4 is 29.7 Å². The van der Waals surface area contributed by atoms with Crippen molar-refractivity contribution in [2.24, 2.45) is 10.9 Å². The summed E-state index contributed by atoms with van der Waals surface area (Å²) in [5, 5.41) is 15.3. The summed E-state index contributed by atoms with van der Waals surface area (Å²) in [4.78, 5) is 20.2. The third kappa shape index (κ3) is 3.86. The highest BCUT2D eigenvalue weighted by atomic mass is 32.2. The van der Waals surface area contributed by atoms with Gasteiger partial charge in [-0.05, 0) is 24.6 Å². The number of carbonyl (C=O) groups excluding carboxylic acids is 1. The van der Waals surface area contributed by atoms with Crippen molar-refractivity contribution in [3.05, 3.63) is 30.1 Å². The van der Waals surface area contributed by atoms with Crippen LogP contribution in [-0.2, 0) is 0 Å². The highest BCUT2D eigenvalue weighted by molar-refractivity contribution is 7.99. The first-order valence-corrected chi connectivity index (χ1v) is 7.83. The maximum atomic E-state index is 11.4. The number of nitriles is 1. The van der Waals surface area contributed by atoms with Gasteiger partial charge in [-0.25, -0.2) is 9.79 Å². The van der Waals surface area contributed by atoms with Crippen LogP contribution in [-0.4, -0.2) is 36.1 Å². The Bertz CT molecular complexity index is 650. The first-order valence-electron chi connectivity index (χ1n) is 6.84. The summed E-state index contributed by atoms with van der Waals surface area (Å²) < 4.78 is 0. The van der Waals surface area contributed by atoms with Gasteiger partial charge in [0.15, 0.2) is 0 Å². The monoisotopic (exact) mass is 315 g/mol. The van der Waals surface area contributed by atoms with Crippen molar-refractivity contribution < 1.29 is 4.79 Å². The number of aliphatic imine (C=N–C) groups is 1. The zero-order chi connectivity index (χ0) is 15.9. The number of urea groups is 1. The third-order valence-electron chi connectivity index (χ3n) is 3.31. The number of nitrogens with one attached hydrogen (secondary N) is 2. The van der Waals surface area contributed by atoms with E-state index in [-0.39, 0.29) is 18.0 Å². The number of thioether (sulfide) groups is 1. The maximum absolute atomic E-state index is 11.4. The van der Waals surface area contributed by atoms with Crippen molar-refractivity contribution in [1.29, 1.82) is 5.26 Å². The Morgan fingerprint density at radius 2 is 2.41 bits per heavy atom. The molecule has 2 unspecified atom stereocenters. The molecule has 1 aromatic rings. The minimum absolute atomic E-state index is 0.207. The molecule has 1 aromatic heterocycles. The predicted molar refractivity (Wildman–Crippen MR) is 88.2 cm³/mol. The largest absolute Gasteiger partial charge is 0.386 e. The Balaban J connectivity index is 2.10. The van der Waals surface area contributed by atoms with E-state index >= 15 is 0 Å². The number of rotatable bonds is 5. The molecule has 0 radical (unpaired) electrons. The Kier molecular flexibility index (Phi) is 5.55. The molecule has 0 fully saturated rings. The fourth-order valence-electron chi connectivity index (χ4n) is 2.14. The molecular formula is C15H17N5OS. The van der Waals surface area contributed by atoms with E-state index in [1.165, 1.54) is 6.21 Å². The molecule has 2 amide bonds. The van der Waals surface area contributed by atoms with Crippen molar-refractivity contribution in [3.63, 3.8) is 0 Å². The topological polar surface area (TPSA) is 90.2 Å². The second kappa shape index (κ2) is 7.61. The van der Waals surface area contributed by atoms with Crippen LogP contribution in [0.25, 0.3) is 0 Å². The van der Waals surface area contributed by atoms with Gasteiger partial charge in [0.25, 0.3) is 0 Å². The number of allylic oxidation sites excluding steroid dienone is 1. The van der Waals surface area contributed by atoms with Gasteiger partial charge in [-0.3, -0.25) is 4.98 Å². The van der Waals surface area contributed by atoms with Crippen LogP contribution in [0.5, 0.6) is 0 Å². The summed E-state index contributed by atoms with van der Waals surface area (Å²) in [6.45, 7) is 1.86. The smallest absolute Gasteiger partial charge is 0.341 e. The third-order valence-corrected chi connectivity index (χ3v) is 4.48. The van der Waals surface area contributed by atoms with Gasteiger partial charge in [-0.1, -0.05) is 0 Å². The van der Waals surface area contributed by atoms with E-state index in [9.17, 15) is 10.1 Å². The van der Waals surface area contributed by atoms with Crippen LogP contribution in [0.3, 0.4) is 0 Å². The van der Waals surface area contributed by atoms with Crippen molar-refractivity contribution in [1.82, 2.24) is 10.3 Å². The number of carbonyl (C=O) groups is 1. The summed E-state index contributed by atoms with van der Waals surface area (Å²) >= 11 is 1.58. The van der Waals surface area contributed by atoms with E-state index in [0.717, 1.165) is 16.2 Å². The van der Waals surface area contributed by atoms with Crippen LogP contribution in [0.15, 0.2) is 40.0 Å². The second-order valence-electron chi connectivity index (χ2n) is 4.73. The highest BCUT2D eigenvalue weighted by Gasteiger charge is 2.22. The van der Waals surface area contributed by atoms with Crippen LogP contribution < -0.4 is 10.6 Å². The standard InChI is InChI=1S/C15H17N5OS/c1-10-12(3-6-19-15(21)20-10)11(7-16)9-22-14-4-5-18-8-13(14)17-2/h3-6,8,10-11,17H,9H2,1-2H3,(H,20,21). The van der Waals surface area contributed by atoms with Crippen LogP contribution >= 0.6 is 11.8 Å². The summed E-state index contributed by atoms with van der Waals surface area (Å²) in [5.74, 6) is 0.289. The van der Waals surface area contributed by atoms with Gasteiger partial charge in [0.05, 0.1) is 29.9 Å². The summed E-state index contributed by atoms with van der Waals surface area (Å²) in [5.41, 5.74) is 1.80. The summed E-state index contributed by atoms with van der Waals surface area (Å²) in [7, 11) is 1.84. The normalized spacial score (nSPS) is 18.7. The number of anilines is 1. The first-order chi connectivity index (χ1) is 10.7. The Morgan fingerprint density at radius 1 is 1.59 bits per heavy atom. The molecule has 7 heteroatoms. The Labute approximate surface area is 133 Å². The Hall–Kier alpha value is -2.33. The van der Waals surface area contributed by atoms with E-state index < -0.39 is 0 Å². The Morgan fingerprint density at radius 3 is 3.14 bits per heavy atom. The van der Waals surface area contributed by atoms with E-state index in [4.69, 9.17) is 0 Å². The lowest BCUT2D eigenvalue weighted by atomic mass is 9.96. The molecule has 2 heterocycles. The fourth-order valence-corrected chi connectivity index (χ4v) is 3.22. The fraction of sp³-hybridized carbons (Fsp3) is 0.333. The number of amides is 2. The van der Waals surface area contributed by atoms with Gasteiger partial charge in [-0.15, -0.1) is 11.8 Å². The van der Waals surface area contributed by atoms with Crippen LogP contribution in [0.2, 0.25) is 0 Å².